The van der Waals surface area contributed by atoms with E-state index in [-0.39, 0.29) is 5.75 Å². The quantitative estimate of drug-likeness (QED) is 0.465. The van der Waals surface area contributed by atoms with Gasteiger partial charge in [-0.25, -0.2) is 18.4 Å². The van der Waals surface area contributed by atoms with Crippen LogP contribution in [0.5, 0.6) is 5.75 Å². The van der Waals surface area contributed by atoms with Gasteiger partial charge >= 0.3 is 0 Å². The molecular weight excluding hydrogens is 390 g/mol. The van der Waals surface area contributed by atoms with Crippen LogP contribution in [0.2, 0.25) is 0 Å². The Labute approximate surface area is 167 Å². The molecule has 0 aliphatic carbocycles. The summed E-state index contributed by atoms with van der Waals surface area (Å²) >= 11 is 0. The standard InChI is InChI=1S/C20H19N5O3S/c1-13-7-8-14(11-16(13)24-29(2,27)28)22-19-20-21-9-10-25(20)12-17(23-19)15-5-3-4-6-18(15)26/h3-12,24,26H,1-2H3,(H,22,23). The minimum absolute atomic E-state index is 0.125. The lowest BCUT2D eigenvalue weighted by Gasteiger charge is -2.13. The first-order valence-electron chi connectivity index (χ1n) is 8.78. The number of para-hydroxylation sites is 1. The van der Waals surface area contributed by atoms with Gasteiger partial charge in [0.15, 0.2) is 11.5 Å². The number of anilines is 3. The minimum atomic E-state index is -3.40. The Balaban J connectivity index is 1.78. The van der Waals surface area contributed by atoms with Gasteiger partial charge in [-0.1, -0.05) is 18.2 Å². The van der Waals surface area contributed by atoms with E-state index in [9.17, 15) is 13.5 Å². The monoisotopic (exact) mass is 409 g/mol. The van der Waals surface area contributed by atoms with E-state index < -0.39 is 10.0 Å². The van der Waals surface area contributed by atoms with E-state index in [1.165, 1.54) is 0 Å². The summed E-state index contributed by atoms with van der Waals surface area (Å²) in [4.78, 5) is 8.97. The Morgan fingerprint density at radius 1 is 1.14 bits per heavy atom. The number of hydrogen-bond donors (Lipinski definition) is 3. The molecular formula is C20H19N5O3S. The number of phenols is 1. The highest BCUT2D eigenvalue weighted by Crippen LogP contribution is 2.30. The molecule has 0 fully saturated rings. The van der Waals surface area contributed by atoms with Crippen molar-refractivity contribution in [1.29, 1.82) is 0 Å². The van der Waals surface area contributed by atoms with Gasteiger partial charge in [0.1, 0.15) is 5.75 Å². The minimum Gasteiger partial charge on any atom is -0.507 e. The van der Waals surface area contributed by atoms with Crippen LogP contribution in [0, 0.1) is 6.92 Å². The largest absolute Gasteiger partial charge is 0.507 e. The van der Waals surface area contributed by atoms with Crippen LogP contribution in [0.1, 0.15) is 5.56 Å². The number of imidazole rings is 1. The fourth-order valence-corrected chi connectivity index (χ4v) is 3.60. The number of hydrogen-bond acceptors (Lipinski definition) is 6. The van der Waals surface area contributed by atoms with Crippen LogP contribution in [-0.2, 0) is 10.0 Å². The van der Waals surface area contributed by atoms with Crippen molar-refractivity contribution in [2.75, 3.05) is 16.3 Å². The number of nitrogens with zero attached hydrogens (tertiary/aromatic N) is 3. The van der Waals surface area contributed by atoms with Crippen molar-refractivity contribution in [3.63, 3.8) is 0 Å². The molecule has 148 valence electrons. The van der Waals surface area contributed by atoms with Gasteiger partial charge in [0.25, 0.3) is 0 Å². The molecule has 2 aromatic carbocycles. The average Bonchev–Trinajstić information content (AvgIpc) is 3.12. The van der Waals surface area contributed by atoms with Crippen LogP contribution < -0.4 is 10.0 Å². The predicted octanol–water partition coefficient (Wildman–Crippen LogP) is 3.53. The van der Waals surface area contributed by atoms with Gasteiger partial charge in [-0.3, -0.25) is 4.72 Å². The van der Waals surface area contributed by atoms with Gasteiger partial charge in [0.05, 0.1) is 17.6 Å². The van der Waals surface area contributed by atoms with Crippen molar-refractivity contribution in [3.05, 3.63) is 66.6 Å². The summed E-state index contributed by atoms with van der Waals surface area (Å²) in [7, 11) is -3.40. The highest BCUT2D eigenvalue weighted by Gasteiger charge is 2.13. The smallest absolute Gasteiger partial charge is 0.229 e. The molecule has 4 rings (SSSR count). The zero-order valence-corrected chi connectivity index (χ0v) is 16.6. The van der Waals surface area contributed by atoms with Crippen LogP contribution in [0.25, 0.3) is 16.9 Å². The van der Waals surface area contributed by atoms with Crippen LogP contribution in [0.4, 0.5) is 17.2 Å². The highest BCUT2D eigenvalue weighted by molar-refractivity contribution is 7.92. The molecule has 0 amide bonds. The fraction of sp³-hybridized carbons (Fsp3) is 0.100. The molecule has 4 aromatic rings. The molecule has 0 saturated heterocycles. The Kier molecular flexibility index (Phi) is 4.59. The third kappa shape index (κ3) is 3.99. The maximum atomic E-state index is 11.6. The molecule has 0 unspecified atom stereocenters. The average molecular weight is 409 g/mol. The normalized spacial score (nSPS) is 11.5. The van der Waals surface area contributed by atoms with Gasteiger partial charge in [0.2, 0.25) is 10.0 Å². The second-order valence-corrected chi connectivity index (χ2v) is 8.43. The van der Waals surface area contributed by atoms with E-state index in [4.69, 9.17) is 0 Å². The van der Waals surface area contributed by atoms with E-state index in [0.29, 0.717) is 34.1 Å². The zero-order valence-electron chi connectivity index (χ0n) is 15.8. The summed E-state index contributed by atoms with van der Waals surface area (Å²) in [5, 5.41) is 13.4. The SMILES string of the molecule is Cc1ccc(Nc2nc(-c3ccccc3O)cn3ccnc23)cc1NS(C)(=O)=O. The molecule has 9 heteroatoms. The Morgan fingerprint density at radius 3 is 2.69 bits per heavy atom. The molecule has 3 N–H and O–H groups in total. The molecule has 29 heavy (non-hydrogen) atoms. The predicted molar refractivity (Wildman–Crippen MR) is 113 cm³/mol. The number of aryl methyl sites for hydroxylation is 1. The molecule has 0 aliphatic rings. The van der Waals surface area contributed by atoms with Crippen LogP contribution in [0.15, 0.2) is 61.1 Å². The maximum absolute atomic E-state index is 11.6. The highest BCUT2D eigenvalue weighted by atomic mass is 32.2. The molecule has 0 radical (unpaired) electrons. The van der Waals surface area contributed by atoms with Crippen LogP contribution in [0.3, 0.4) is 0 Å². The fourth-order valence-electron chi connectivity index (χ4n) is 2.98. The van der Waals surface area contributed by atoms with Gasteiger partial charge in [-0.2, -0.15) is 0 Å². The van der Waals surface area contributed by atoms with E-state index in [2.05, 4.69) is 20.0 Å². The third-order valence-electron chi connectivity index (χ3n) is 4.35. The van der Waals surface area contributed by atoms with E-state index >= 15 is 0 Å². The first-order chi connectivity index (χ1) is 13.8. The molecule has 0 saturated carbocycles. The molecule has 8 nitrogen and oxygen atoms in total. The molecule has 0 aliphatic heterocycles. The summed E-state index contributed by atoms with van der Waals surface area (Å²) in [6.45, 7) is 1.82. The third-order valence-corrected chi connectivity index (χ3v) is 4.94. The van der Waals surface area contributed by atoms with Gasteiger partial charge < -0.3 is 14.8 Å². The first-order valence-corrected chi connectivity index (χ1v) is 10.7. The summed E-state index contributed by atoms with van der Waals surface area (Å²) in [6.07, 6.45) is 6.34. The number of nitrogens with one attached hydrogen (secondary N) is 2. The Hall–Kier alpha value is -3.59. The van der Waals surface area contributed by atoms with Crippen LogP contribution >= 0.6 is 0 Å². The summed E-state index contributed by atoms with van der Waals surface area (Å²) in [5.41, 5.74) is 3.68. The van der Waals surface area contributed by atoms with Gasteiger partial charge in [-0.15, -0.1) is 0 Å². The molecule has 2 heterocycles. The molecule has 0 bridgehead atoms. The number of aromatic hydroxyl groups is 1. The molecule has 0 spiro atoms. The number of rotatable bonds is 5. The Morgan fingerprint density at radius 2 is 1.93 bits per heavy atom. The van der Waals surface area contributed by atoms with Crippen molar-refractivity contribution in [2.24, 2.45) is 0 Å². The zero-order chi connectivity index (χ0) is 20.6. The second kappa shape index (κ2) is 7.10. The number of fused-ring (bicyclic) bond motifs is 1. The van der Waals surface area contributed by atoms with Gasteiger partial charge in [0, 0.05) is 29.8 Å². The maximum Gasteiger partial charge on any atom is 0.229 e. The second-order valence-electron chi connectivity index (χ2n) is 6.68. The number of aromatic nitrogens is 3. The van der Waals surface area contributed by atoms with Crippen molar-refractivity contribution >= 4 is 32.9 Å². The molecule has 2 aromatic heterocycles. The van der Waals surface area contributed by atoms with E-state index in [1.807, 2.05) is 25.1 Å². The number of sulfonamides is 1. The van der Waals surface area contributed by atoms with Crippen molar-refractivity contribution in [3.8, 4) is 17.0 Å². The molecule has 0 atom stereocenters. The van der Waals surface area contributed by atoms with E-state index in [0.717, 1.165) is 11.8 Å². The number of phenolic OH excluding ortho intramolecular Hbond substituents is 1. The topological polar surface area (TPSA) is 109 Å². The van der Waals surface area contributed by atoms with Crippen molar-refractivity contribution in [1.82, 2.24) is 14.4 Å². The summed E-state index contributed by atoms with van der Waals surface area (Å²) in [5.74, 6) is 0.602. The summed E-state index contributed by atoms with van der Waals surface area (Å²) < 4.78 is 27.5. The Bertz CT molecular complexity index is 1310. The lowest BCUT2D eigenvalue weighted by Crippen LogP contribution is -2.11. The van der Waals surface area contributed by atoms with Crippen LogP contribution in [-0.4, -0.2) is 34.1 Å². The lowest BCUT2D eigenvalue weighted by atomic mass is 10.1. The number of benzene rings is 2. The first kappa shape index (κ1) is 18.8. The lowest BCUT2D eigenvalue weighted by molar-refractivity contribution is 0.477. The van der Waals surface area contributed by atoms with Crippen molar-refractivity contribution < 1.29 is 13.5 Å². The van der Waals surface area contributed by atoms with E-state index in [1.54, 1.807) is 47.3 Å². The van der Waals surface area contributed by atoms with Gasteiger partial charge in [-0.05, 0) is 36.8 Å². The van der Waals surface area contributed by atoms with Crippen molar-refractivity contribution in [2.45, 2.75) is 6.92 Å². The summed E-state index contributed by atoms with van der Waals surface area (Å²) in [6, 6.07) is 12.3.